The summed E-state index contributed by atoms with van der Waals surface area (Å²) in [6.07, 6.45) is 6.66. The molecule has 8 heteroatoms. The quantitative estimate of drug-likeness (QED) is 0.742. The SMILES string of the molecule is CC(c1cn[nH]c1)c1cc(C(=O)N[C@H]2CCCC[C@@H]2O)nc2c1OCCN2C. The van der Waals surface area contributed by atoms with Crippen LogP contribution in [0.3, 0.4) is 0 Å². The van der Waals surface area contributed by atoms with Crippen LogP contribution in [0.4, 0.5) is 5.82 Å². The highest BCUT2D eigenvalue weighted by Crippen LogP contribution is 2.39. The summed E-state index contributed by atoms with van der Waals surface area (Å²) in [5.74, 6) is 1.13. The van der Waals surface area contributed by atoms with Crippen molar-refractivity contribution in [2.45, 2.75) is 50.7 Å². The number of hydrogen-bond donors (Lipinski definition) is 3. The number of aromatic amines is 1. The number of aliphatic hydroxyl groups is 1. The number of amides is 1. The van der Waals surface area contributed by atoms with E-state index in [9.17, 15) is 9.90 Å². The van der Waals surface area contributed by atoms with Gasteiger partial charge >= 0.3 is 0 Å². The fourth-order valence-electron chi connectivity index (χ4n) is 3.97. The molecule has 1 fully saturated rings. The van der Waals surface area contributed by atoms with Gasteiger partial charge < -0.3 is 20.1 Å². The summed E-state index contributed by atoms with van der Waals surface area (Å²) in [6.45, 7) is 3.35. The van der Waals surface area contributed by atoms with E-state index in [1.54, 1.807) is 12.3 Å². The van der Waals surface area contributed by atoms with Gasteiger partial charge in [-0.1, -0.05) is 19.8 Å². The number of anilines is 1. The molecule has 2 aromatic heterocycles. The molecule has 2 aliphatic rings. The zero-order valence-corrected chi connectivity index (χ0v) is 16.3. The van der Waals surface area contributed by atoms with Crippen molar-refractivity contribution in [1.29, 1.82) is 0 Å². The molecule has 0 radical (unpaired) electrons. The number of aromatic nitrogens is 3. The van der Waals surface area contributed by atoms with E-state index in [1.165, 1.54) is 0 Å². The number of nitrogens with one attached hydrogen (secondary N) is 2. The molecule has 3 heterocycles. The van der Waals surface area contributed by atoms with Crippen LogP contribution in [-0.4, -0.2) is 58.5 Å². The lowest BCUT2D eigenvalue weighted by atomic mass is 9.92. The fraction of sp³-hybridized carbons (Fsp3) is 0.550. The van der Waals surface area contributed by atoms with Crippen LogP contribution in [0.2, 0.25) is 0 Å². The van der Waals surface area contributed by atoms with Crippen molar-refractivity contribution in [3.8, 4) is 5.75 Å². The lowest BCUT2D eigenvalue weighted by Gasteiger charge is -2.31. The number of fused-ring (bicyclic) bond motifs is 1. The molecule has 0 spiro atoms. The number of H-pyrrole nitrogens is 1. The molecule has 1 saturated carbocycles. The Balaban J connectivity index is 1.68. The monoisotopic (exact) mass is 385 g/mol. The Kier molecular flexibility index (Phi) is 5.21. The van der Waals surface area contributed by atoms with Gasteiger partial charge in [0.05, 0.1) is 24.9 Å². The van der Waals surface area contributed by atoms with Crippen LogP contribution in [0.5, 0.6) is 5.75 Å². The molecule has 150 valence electrons. The first-order chi connectivity index (χ1) is 13.5. The van der Waals surface area contributed by atoms with Crippen molar-refractivity contribution >= 4 is 11.7 Å². The Hall–Kier alpha value is -2.61. The number of likely N-dealkylation sites (N-methyl/N-ethyl adjacent to an activating group) is 1. The Bertz CT molecular complexity index is 839. The molecule has 3 N–H and O–H groups in total. The zero-order valence-electron chi connectivity index (χ0n) is 16.3. The fourth-order valence-corrected chi connectivity index (χ4v) is 3.97. The lowest BCUT2D eigenvalue weighted by molar-refractivity contribution is 0.0713. The van der Waals surface area contributed by atoms with Gasteiger partial charge in [-0.3, -0.25) is 9.89 Å². The molecule has 0 bridgehead atoms. The third-order valence-electron chi connectivity index (χ3n) is 5.78. The molecule has 1 aliphatic carbocycles. The molecule has 4 rings (SSSR count). The number of carbonyl (C=O) groups excluding carboxylic acids is 1. The molecular weight excluding hydrogens is 358 g/mol. The highest BCUT2D eigenvalue weighted by molar-refractivity contribution is 5.93. The summed E-state index contributed by atoms with van der Waals surface area (Å²) in [7, 11) is 1.95. The number of rotatable bonds is 4. The van der Waals surface area contributed by atoms with Crippen molar-refractivity contribution < 1.29 is 14.6 Å². The molecule has 8 nitrogen and oxygen atoms in total. The standard InChI is InChI=1S/C20H27N5O3/c1-12(13-10-21-22-11-13)14-9-16(23-19-18(14)28-8-7-25(19)2)20(27)24-15-5-3-4-6-17(15)26/h9-12,15,17,26H,3-8H2,1-2H3,(H,21,22)(H,24,27)/t12?,15-,17-/m0/s1. The Morgan fingerprint density at radius 3 is 3.00 bits per heavy atom. The number of carbonyl (C=O) groups is 1. The van der Waals surface area contributed by atoms with E-state index in [2.05, 4.69) is 27.4 Å². The molecule has 1 aliphatic heterocycles. The summed E-state index contributed by atoms with van der Waals surface area (Å²) in [6, 6.07) is 1.59. The lowest BCUT2D eigenvalue weighted by Crippen LogP contribution is -2.45. The minimum Gasteiger partial charge on any atom is -0.488 e. The summed E-state index contributed by atoms with van der Waals surface area (Å²) in [5.41, 5.74) is 2.27. The molecule has 2 aromatic rings. The summed E-state index contributed by atoms with van der Waals surface area (Å²) in [4.78, 5) is 19.6. The number of ether oxygens (including phenoxy) is 1. The second kappa shape index (κ2) is 7.79. The van der Waals surface area contributed by atoms with Gasteiger partial charge in [0.15, 0.2) is 11.6 Å². The van der Waals surface area contributed by atoms with Crippen LogP contribution in [-0.2, 0) is 0 Å². The molecule has 3 atom stereocenters. The van der Waals surface area contributed by atoms with Gasteiger partial charge in [0.25, 0.3) is 5.91 Å². The molecular formula is C20H27N5O3. The molecule has 28 heavy (non-hydrogen) atoms. The number of nitrogens with zero attached hydrogens (tertiary/aromatic N) is 3. The van der Waals surface area contributed by atoms with Gasteiger partial charge in [0, 0.05) is 24.7 Å². The molecule has 0 aromatic carbocycles. The number of hydrogen-bond acceptors (Lipinski definition) is 6. The first kappa shape index (κ1) is 18.7. The van der Waals surface area contributed by atoms with Crippen LogP contribution in [0.15, 0.2) is 18.5 Å². The average molecular weight is 385 g/mol. The highest BCUT2D eigenvalue weighted by atomic mass is 16.5. The maximum Gasteiger partial charge on any atom is 0.270 e. The van der Waals surface area contributed by atoms with E-state index in [-0.39, 0.29) is 17.9 Å². The predicted octanol–water partition coefficient (Wildman–Crippen LogP) is 1.82. The van der Waals surface area contributed by atoms with Crippen LogP contribution in [0, 0.1) is 0 Å². The Morgan fingerprint density at radius 1 is 1.43 bits per heavy atom. The van der Waals surface area contributed by atoms with Crippen molar-refractivity contribution in [1.82, 2.24) is 20.5 Å². The first-order valence-corrected chi connectivity index (χ1v) is 9.91. The van der Waals surface area contributed by atoms with Crippen LogP contribution in [0.1, 0.15) is 60.1 Å². The van der Waals surface area contributed by atoms with Crippen LogP contribution >= 0.6 is 0 Å². The van der Waals surface area contributed by atoms with Gasteiger partial charge in [-0.15, -0.1) is 0 Å². The third-order valence-corrected chi connectivity index (χ3v) is 5.78. The highest BCUT2D eigenvalue weighted by Gasteiger charge is 2.29. The van der Waals surface area contributed by atoms with Gasteiger partial charge in [0.1, 0.15) is 12.3 Å². The van der Waals surface area contributed by atoms with E-state index in [0.29, 0.717) is 24.7 Å². The van der Waals surface area contributed by atoms with Crippen molar-refractivity contribution in [3.05, 3.63) is 35.3 Å². The first-order valence-electron chi connectivity index (χ1n) is 9.91. The Morgan fingerprint density at radius 2 is 2.25 bits per heavy atom. The third kappa shape index (κ3) is 3.56. The number of pyridine rings is 1. The minimum absolute atomic E-state index is 0.00572. The maximum absolute atomic E-state index is 12.9. The van der Waals surface area contributed by atoms with E-state index in [1.807, 2.05) is 18.1 Å². The normalized spacial score (nSPS) is 22.9. The van der Waals surface area contributed by atoms with Gasteiger partial charge in [-0.05, 0) is 24.5 Å². The largest absolute Gasteiger partial charge is 0.488 e. The topological polar surface area (TPSA) is 103 Å². The molecule has 1 amide bonds. The predicted molar refractivity (Wildman–Crippen MR) is 105 cm³/mol. The Labute approximate surface area is 164 Å². The van der Waals surface area contributed by atoms with Crippen molar-refractivity contribution in [2.24, 2.45) is 0 Å². The summed E-state index contributed by atoms with van der Waals surface area (Å²) in [5, 5.41) is 20.1. The van der Waals surface area contributed by atoms with Gasteiger partial charge in [-0.2, -0.15) is 5.10 Å². The van der Waals surface area contributed by atoms with Crippen LogP contribution < -0.4 is 15.0 Å². The summed E-state index contributed by atoms with van der Waals surface area (Å²) >= 11 is 0. The molecule has 0 saturated heterocycles. The van der Waals surface area contributed by atoms with Crippen molar-refractivity contribution in [2.75, 3.05) is 25.1 Å². The van der Waals surface area contributed by atoms with Gasteiger partial charge in [-0.25, -0.2) is 4.98 Å². The van der Waals surface area contributed by atoms with Crippen LogP contribution in [0.25, 0.3) is 0 Å². The second-order valence-corrected chi connectivity index (χ2v) is 7.70. The smallest absolute Gasteiger partial charge is 0.270 e. The van der Waals surface area contributed by atoms with Gasteiger partial charge in [0.2, 0.25) is 0 Å². The van der Waals surface area contributed by atoms with E-state index in [4.69, 9.17) is 4.74 Å². The molecule has 1 unspecified atom stereocenters. The number of aliphatic hydroxyl groups excluding tert-OH is 1. The minimum atomic E-state index is -0.495. The maximum atomic E-state index is 12.9. The second-order valence-electron chi connectivity index (χ2n) is 7.70. The van der Waals surface area contributed by atoms with E-state index in [0.717, 1.165) is 42.6 Å². The summed E-state index contributed by atoms with van der Waals surface area (Å²) < 4.78 is 5.94. The van der Waals surface area contributed by atoms with Crippen molar-refractivity contribution in [3.63, 3.8) is 0 Å². The van der Waals surface area contributed by atoms with E-state index < -0.39 is 6.10 Å². The zero-order chi connectivity index (χ0) is 19.7. The average Bonchev–Trinajstić information content (AvgIpc) is 3.23. The van der Waals surface area contributed by atoms with E-state index >= 15 is 0 Å².